The van der Waals surface area contributed by atoms with Crippen LogP contribution >= 0.6 is 23.2 Å². The first-order valence-electron chi connectivity index (χ1n) is 5.90. The summed E-state index contributed by atoms with van der Waals surface area (Å²) in [6.45, 7) is 0. The second-order valence-corrected chi connectivity index (χ2v) is 4.92. The number of anilines is 2. The maximum atomic E-state index is 13.4. The quantitative estimate of drug-likeness (QED) is 0.813. The van der Waals surface area contributed by atoms with E-state index in [2.05, 4.69) is 5.32 Å². The Morgan fingerprint density at radius 3 is 1.68 bits per heavy atom. The van der Waals surface area contributed by atoms with Crippen LogP contribution in [0.15, 0.2) is 36.4 Å². The van der Waals surface area contributed by atoms with Gasteiger partial charge in [0.1, 0.15) is 17.3 Å². The van der Waals surface area contributed by atoms with Gasteiger partial charge in [0.05, 0.1) is 15.7 Å². The zero-order valence-corrected chi connectivity index (χ0v) is 12.3. The van der Waals surface area contributed by atoms with E-state index in [4.69, 9.17) is 23.2 Å². The molecule has 0 bridgehead atoms. The van der Waals surface area contributed by atoms with Gasteiger partial charge in [0.25, 0.3) is 0 Å². The Balaban J connectivity index is 2.15. The zero-order chi connectivity index (χ0) is 16.3. The SMILES string of the molecule is O=C(Nc1c(F)cccc1F)C(=O)Nc1c(Cl)cccc1Cl. The van der Waals surface area contributed by atoms with E-state index in [-0.39, 0.29) is 15.7 Å². The lowest BCUT2D eigenvalue weighted by molar-refractivity contribution is -0.133. The summed E-state index contributed by atoms with van der Waals surface area (Å²) in [4.78, 5) is 23.5. The average Bonchev–Trinajstić information content (AvgIpc) is 2.46. The highest BCUT2D eigenvalue weighted by atomic mass is 35.5. The number of hydrogen-bond acceptors (Lipinski definition) is 2. The van der Waals surface area contributed by atoms with E-state index >= 15 is 0 Å². The Labute approximate surface area is 134 Å². The van der Waals surface area contributed by atoms with Gasteiger partial charge in [-0.1, -0.05) is 35.3 Å². The van der Waals surface area contributed by atoms with Crippen molar-refractivity contribution in [2.75, 3.05) is 10.6 Å². The molecule has 0 aliphatic carbocycles. The van der Waals surface area contributed by atoms with Gasteiger partial charge in [-0.2, -0.15) is 0 Å². The minimum atomic E-state index is -1.26. The molecule has 8 heteroatoms. The molecule has 4 nitrogen and oxygen atoms in total. The summed E-state index contributed by atoms with van der Waals surface area (Å²) in [6, 6.07) is 7.48. The molecule has 0 aromatic heterocycles. The Morgan fingerprint density at radius 1 is 0.773 bits per heavy atom. The van der Waals surface area contributed by atoms with Crippen LogP contribution in [0.1, 0.15) is 0 Å². The topological polar surface area (TPSA) is 58.2 Å². The molecule has 2 N–H and O–H groups in total. The molecular formula is C14H8Cl2F2N2O2. The van der Waals surface area contributed by atoms with Gasteiger partial charge in [-0.25, -0.2) is 8.78 Å². The van der Waals surface area contributed by atoms with Crippen LogP contribution in [0, 0.1) is 11.6 Å². The van der Waals surface area contributed by atoms with Crippen molar-refractivity contribution in [1.29, 1.82) is 0 Å². The average molecular weight is 345 g/mol. The van der Waals surface area contributed by atoms with E-state index in [0.717, 1.165) is 18.2 Å². The predicted molar refractivity (Wildman–Crippen MR) is 80.1 cm³/mol. The van der Waals surface area contributed by atoms with E-state index < -0.39 is 29.1 Å². The van der Waals surface area contributed by atoms with Crippen LogP contribution in [0.4, 0.5) is 20.2 Å². The fourth-order valence-corrected chi connectivity index (χ4v) is 2.07. The number of nitrogens with one attached hydrogen (secondary N) is 2. The summed E-state index contributed by atoms with van der Waals surface area (Å²) >= 11 is 11.7. The van der Waals surface area contributed by atoms with E-state index in [1.807, 2.05) is 5.32 Å². The first-order chi connectivity index (χ1) is 10.4. The van der Waals surface area contributed by atoms with Crippen LogP contribution < -0.4 is 10.6 Å². The van der Waals surface area contributed by atoms with Gasteiger partial charge in [-0.05, 0) is 24.3 Å². The van der Waals surface area contributed by atoms with Gasteiger partial charge in [0.15, 0.2) is 0 Å². The summed E-state index contributed by atoms with van der Waals surface area (Å²) in [5.74, 6) is -4.44. The van der Waals surface area contributed by atoms with E-state index in [9.17, 15) is 18.4 Å². The molecule has 2 rings (SSSR count). The summed E-state index contributed by atoms with van der Waals surface area (Å²) in [7, 11) is 0. The summed E-state index contributed by atoms with van der Waals surface area (Å²) in [5.41, 5.74) is -0.687. The van der Waals surface area contributed by atoms with Crippen LogP contribution in [0.5, 0.6) is 0 Å². The highest BCUT2D eigenvalue weighted by molar-refractivity contribution is 6.46. The van der Waals surface area contributed by atoms with Gasteiger partial charge >= 0.3 is 11.8 Å². The van der Waals surface area contributed by atoms with Crippen molar-refractivity contribution in [3.05, 3.63) is 58.1 Å². The maximum absolute atomic E-state index is 13.4. The molecule has 0 fully saturated rings. The van der Waals surface area contributed by atoms with Crippen molar-refractivity contribution < 1.29 is 18.4 Å². The van der Waals surface area contributed by atoms with Crippen molar-refractivity contribution in [3.63, 3.8) is 0 Å². The maximum Gasteiger partial charge on any atom is 0.314 e. The minimum absolute atomic E-state index is 0.0278. The zero-order valence-electron chi connectivity index (χ0n) is 10.8. The van der Waals surface area contributed by atoms with Crippen molar-refractivity contribution in [3.8, 4) is 0 Å². The van der Waals surface area contributed by atoms with Crippen LogP contribution in [-0.2, 0) is 9.59 Å². The molecule has 2 amide bonds. The molecule has 114 valence electrons. The fraction of sp³-hybridized carbons (Fsp3) is 0. The molecule has 22 heavy (non-hydrogen) atoms. The Bertz CT molecular complexity index is 650. The van der Waals surface area contributed by atoms with E-state index in [1.165, 1.54) is 12.1 Å². The molecule has 0 unspecified atom stereocenters. The Kier molecular flexibility index (Phi) is 4.95. The molecule has 2 aromatic carbocycles. The van der Waals surface area contributed by atoms with Gasteiger partial charge in [-0.3, -0.25) is 9.59 Å². The molecule has 0 aliphatic heterocycles. The molecule has 0 saturated carbocycles. The highest BCUT2D eigenvalue weighted by Crippen LogP contribution is 2.29. The van der Waals surface area contributed by atoms with Crippen LogP contribution in [0.25, 0.3) is 0 Å². The number of carbonyl (C=O) groups is 2. The number of benzene rings is 2. The standard InChI is InChI=1S/C14H8Cl2F2N2O2/c15-7-3-1-4-8(16)11(7)19-13(21)14(22)20-12-9(17)5-2-6-10(12)18/h1-6H,(H,19,21)(H,20,22). The largest absolute Gasteiger partial charge is 0.315 e. The third-order valence-corrected chi connectivity index (χ3v) is 3.24. The van der Waals surface area contributed by atoms with Gasteiger partial charge in [-0.15, -0.1) is 0 Å². The molecule has 0 atom stereocenters. The van der Waals surface area contributed by atoms with Crippen LogP contribution in [0.3, 0.4) is 0 Å². The molecule has 0 heterocycles. The van der Waals surface area contributed by atoms with Crippen molar-refractivity contribution in [2.24, 2.45) is 0 Å². The van der Waals surface area contributed by atoms with Gasteiger partial charge < -0.3 is 10.6 Å². The third-order valence-electron chi connectivity index (χ3n) is 2.61. The van der Waals surface area contributed by atoms with Gasteiger partial charge in [0, 0.05) is 0 Å². The van der Waals surface area contributed by atoms with Crippen LogP contribution in [-0.4, -0.2) is 11.8 Å². The highest BCUT2D eigenvalue weighted by Gasteiger charge is 2.20. The Morgan fingerprint density at radius 2 is 1.18 bits per heavy atom. The first-order valence-corrected chi connectivity index (χ1v) is 6.66. The van der Waals surface area contributed by atoms with Gasteiger partial charge in [0.2, 0.25) is 0 Å². The number of para-hydroxylation sites is 2. The molecule has 0 radical (unpaired) electrons. The normalized spacial score (nSPS) is 10.2. The molecule has 0 aliphatic rings. The Hall–Kier alpha value is -2.18. The molecule has 0 saturated heterocycles. The van der Waals surface area contributed by atoms with Crippen LogP contribution in [0.2, 0.25) is 10.0 Å². The fourth-order valence-electron chi connectivity index (χ4n) is 1.58. The minimum Gasteiger partial charge on any atom is -0.315 e. The first kappa shape index (κ1) is 16.2. The van der Waals surface area contributed by atoms with E-state index in [0.29, 0.717) is 0 Å². The number of carbonyl (C=O) groups excluding carboxylic acids is 2. The second kappa shape index (κ2) is 6.72. The van der Waals surface area contributed by atoms with Crippen molar-refractivity contribution >= 4 is 46.4 Å². The summed E-state index contributed by atoms with van der Waals surface area (Å²) in [6.07, 6.45) is 0. The molecule has 0 spiro atoms. The third kappa shape index (κ3) is 3.52. The lowest BCUT2D eigenvalue weighted by Crippen LogP contribution is -2.30. The predicted octanol–water partition coefficient (Wildman–Crippen LogP) is 3.85. The molecule has 2 aromatic rings. The second-order valence-electron chi connectivity index (χ2n) is 4.10. The van der Waals surface area contributed by atoms with Crippen molar-refractivity contribution in [1.82, 2.24) is 0 Å². The number of hydrogen-bond donors (Lipinski definition) is 2. The lowest BCUT2D eigenvalue weighted by Gasteiger charge is -2.10. The lowest BCUT2D eigenvalue weighted by atomic mass is 10.3. The summed E-state index contributed by atoms with van der Waals surface area (Å²) in [5, 5.41) is 4.26. The smallest absolute Gasteiger partial charge is 0.314 e. The number of amides is 2. The number of rotatable bonds is 2. The molecular weight excluding hydrogens is 337 g/mol. The summed E-state index contributed by atoms with van der Waals surface area (Å²) < 4.78 is 26.8. The van der Waals surface area contributed by atoms with Crippen molar-refractivity contribution in [2.45, 2.75) is 0 Å². The van der Waals surface area contributed by atoms with E-state index in [1.54, 1.807) is 6.07 Å². The number of halogens is 4. The monoisotopic (exact) mass is 344 g/mol.